The molecule has 10 heteroatoms. The Balaban J connectivity index is 1.30. The van der Waals surface area contributed by atoms with E-state index in [1.54, 1.807) is 36.7 Å². The number of amides is 4. The predicted octanol–water partition coefficient (Wildman–Crippen LogP) is 3.29. The Morgan fingerprint density at radius 1 is 0.763 bits per heavy atom. The summed E-state index contributed by atoms with van der Waals surface area (Å²) in [5, 5.41) is 7.45. The van der Waals surface area contributed by atoms with Crippen molar-refractivity contribution in [3.63, 3.8) is 0 Å². The molecule has 0 bridgehead atoms. The molecule has 5 rings (SSSR count). The van der Waals surface area contributed by atoms with Gasteiger partial charge in [0.15, 0.2) is 0 Å². The van der Waals surface area contributed by atoms with E-state index in [1.807, 2.05) is 54.6 Å². The second-order valence-electron chi connectivity index (χ2n) is 8.62. The van der Waals surface area contributed by atoms with Crippen molar-refractivity contribution in [2.75, 3.05) is 13.7 Å². The number of hydrogen-bond acceptors (Lipinski definition) is 8. The SMILES string of the molecule is COCCC1(Oc2ccc(Oc3ccc(C4(c5ccccc5)NC=CO4)cc3)cc2)C(=O)NC(=O)NC1=O. The standard InChI is InChI=1S/C28H25N3O7/c1-35-17-15-27(24(32)30-26(34)31-25(27)33)38-23-13-11-22(12-14-23)37-21-9-7-20(8-10-21)28(29-16-18-36-28)19-5-3-2-4-6-19/h2-14,16,18,29H,15,17H2,1H3,(H2,30,31,32,33,34). The fourth-order valence-corrected chi connectivity index (χ4v) is 4.29. The first-order chi connectivity index (χ1) is 18.4. The second-order valence-corrected chi connectivity index (χ2v) is 8.62. The zero-order valence-electron chi connectivity index (χ0n) is 20.4. The van der Waals surface area contributed by atoms with E-state index >= 15 is 0 Å². The maximum atomic E-state index is 12.6. The summed E-state index contributed by atoms with van der Waals surface area (Å²) in [6.07, 6.45) is 3.30. The smallest absolute Gasteiger partial charge is 0.328 e. The molecule has 0 aliphatic carbocycles. The van der Waals surface area contributed by atoms with Crippen molar-refractivity contribution >= 4 is 17.8 Å². The molecule has 3 aromatic rings. The molecule has 2 heterocycles. The molecule has 3 N–H and O–H groups in total. The minimum absolute atomic E-state index is 0.0639. The highest BCUT2D eigenvalue weighted by molar-refractivity contribution is 6.21. The Morgan fingerprint density at radius 3 is 1.92 bits per heavy atom. The summed E-state index contributed by atoms with van der Waals surface area (Å²) >= 11 is 0. The molecular weight excluding hydrogens is 490 g/mol. The summed E-state index contributed by atoms with van der Waals surface area (Å²) in [4.78, 5) is 36.7. The van der Waals surface area contributed by atoms with Gasteiger partial charge >= 0.3 is 6.03 Å². The van der Waals surface area contributed by atoms with E-state index in [0.717, 1.165) is 11.1 Å². The number of imide groups is 2. The number of carbonyl (C=O) groups is 3. The fraction of sp³-hybridized carbons (Fsp3) is 0.179. The van der Waals surface area contributed by atoms with Gasteiger partial charge in [0.25, 0.3) is 17.4 Å². The summed E-state index contributed by atoms with van der Waals surface area (Å²) in [6, 6.07) is 22.9. The van der Waals surface area contributed by atoms with Gasteiger partial charge in [-0.1, -0.05) is 30.3 Å². The van der Waals surface area contributed by atoms with E-state index in [4.69, 9.17) is 18.9 Å². The van der Waals surface area contributed by atoms with Crippen LogP contribution in [0.4, 0.5) is 4.79 Å². The van der Waals surface area contributed by atoms with Crippen LogP contribution >= 0.6 is 0 Å². The van der Waals surface area contributed by atoms with Crippen LogP contribution in [0.5, 0.6) is 17.2 Å². The van der Waals surface area contributed by atoms with Gasteiger partial charge in [0.2, 0.25) is 5.72 Å². The first kappa shape index (κ1) is 24.8. The van der Waals surface area contributed by atoms with Crippen molar-refractivity contribution in [3.05, 3.63) is 102 Å². The minimum Gasteiger partial charge on any atom is -0.467 e. The average molecular weight is 516 g/mol. The molecule has 1 saturated heterocycles. The van der Waals surface area contributed by atoms with Crippen molar-refractivity contribution < 1.29 is 33.3 Å². The average Bonchev–Trinajstić information content (AvgIpc) is 3.43. The summed E-state index contributed by atoms with van der Waals surface area (Å²) < 4.78 is 22.8. The van der Waals surface area contributed by atoms with E-state index in [0.29, 0.717) is 11.5 Å². The molecule has 194 valence electrons. The number of urea groups is 1. The molecule has 1 atom stereocenters. The number of methoxy groups -OCH3 is 1. The van der Waals surface area contributed by atoms with Gasteiger partial charge < -0.3 is 24.3 Å². The van der Waals surface area contributed by atoms with E-state index in [1.165, 1.54) is 7.11 Å². The van der Waals surface area contributed by atoms with Gasteiger partial charge in [-0.25, -0.2) is 4.79 Å². The summed E-state index contributed by atoms with van der Waals surface area (Å²) in [5.74, 6) is -0.359. The highest BCUT2D eigenvalue weighted by Gasteiger charge is 2.52. The van der Waals surface area contributed by atoms with Crippen LogP contribution in [0.25, 0.3) is 0 Å². The van der Waals surface area contributed by atoms with Gasteiger partial charge in [-0.3, -0.25) is 20.2 Å². The molecule has 0 saturated carbocycles. The molecule has 10 nitrogen and oxygen atoms in total. The van der Waals surface area contributed by atoms with E-state index in [2.05, 4.69) is 16.0 Å². The van der Waals surface area contributed by atoms with Crippen LogP contribution in [0.3, 0.4) is 0 Å². The van der Waals surface area contributed by atoms with Crippen LogP contribution in [0.2, 0.25) is 0 Å². The lowest BCUT2D eigenvalue weighted by Crippen LogP contribution is -2.69. The number of benzene rings is 3. The molecule has 0 radical (unpaired) electrons. The highest BCUT2D eigenvalue weighted by atomic mass is 16.5. The third-order valence-corrected chi connectivity index (χ3v) is 6.24. The van der Waals surface area contributed by atoms with Crippen molar-refractivity contribution in [1.82, 2.24) is 16.0 Å². The quantitative estimate of drug-likeness (QED) is 0.371. The Labute approximate surface area is 218 Å². The number of carbonyl (C=O) groups excluding carboxylic acids is 3. The number of hydrogen-bond donors (Lipinski definition) is 3. The number of barbiturate groups is 1. The molecule has 0 aromatic heterocycles. The minimum atomic E-state index is -1.94. The van der Waals surface area contributed by atoms with Crippen molar-refractivity contribution in [2.45, 2.75) is 17.7 Å². The molecule has 1 fully saturated rings. The first-order valence-electron chi connectivity index (χ1n) is 11.8. The summed E-state index contributed by atoms with van der Waals surface area (Å²) in [5.41, 5.74) is -0.905. The first-order valence-corrected chi connectivity index (χ1v) is 11.8. The molecule has 2 aliphatic heterocycles. The predicted molar refractivity (Wildman–Crippen MR) is 135 cm³/mol. The number of nitrogens with one attached hydrogen (secondary N) is 3. The van der Waals surface area contributed by atoms with Crippen molar-refractivity contribution in [1.29, 1.82) is 0 Å². The topological polar surface area (TPSA) is 124 Å². The lowest BCUT2D eigenvalue weighted by Gasteiger charge is -2.34. The zero-order chi connectivity index (χ0) is 26.6. The lowest BCUT2D eigenvalue weighted by molar-refractivity contribution is -0.153. The van der Waals surface area contributed by atoms with Crippen molar-refractivity contribution in [3.8, 4) is 17.2 Å². The van der Waals surface area contributed by atoms with Gasteiger partial charge in [-0.2, -0.15) is 0 Å². The van der Waals surface area contributed by atoms with E-state index in [9.17, 15) is 14.4 Å². The number of ether oxygens (including phenoxy) is 4. The largest absolute Gasteiger partial charge is 0.467 e. The van der Waals surface area contributed by atoms with Gasteiger partial charge in [0, 0.05) is 30.9 Å². The van der Waals surface area contributed by atoms with Crippen LogP contribution in [0.15, 0.2) is 91.3 Å². The molecule has 38 heavy (non-hydrogen) atoms. The maximum absolute atomic E-state index is 12.6. The van der Waals surface area contributed by atoms with E-state index in [-0.39, 0.29) is 18.8 Å². The maximum Gasteiger partial charge on any atom is 0.328 e. The Bertz CT molecular complexity index is 1330. The molecular formula is C28H25N3O7. The molecule has 3 aromatic carbocycles. The third-order valence-electron chi connectivity index (χ3n) is 6.24. The molecule has 0 spiro atoms. The van der Waals surface area contributed by atoms with Gasteiger partial charge in [-0.05, 0) is 48.5 Å². The highest BCUT2D eigenvalue weighted by Crippen LogP contribution is 2.36. The zero-order valence-corrected chi connectivity index (χ0v) is 20.4. The lowest BCUT2D eigenvalue weighted by atomic mass is 9.94. The van der Waals surface area contributed by atoms with E-state index < -0.39 is 29.2 Å². The summed E-state index contributed by atoms with van der Waals surface area (Å²) in [7, 11) is 1.44. The normalized spacial score (nSPS) is 19.7. The monoisotopic (exact) mass is 515 g/mol. The van der Waals surface area contributed by atoms with Gasteiger partial charge in [0.1, 0.15) is 23.5 Å². The van der Waals surface area contributed by atoms with Crippen LogP contribution in [0, 0.1) is 0 Å². The molecule has 4 amide bonds. The van der Waals surface area contributed by atoms with Crippen LogP contribution in [0.1, 0.15) is 17.5 Å². The molecule has 1 unspecified atom stereocenters. The Hall–Kier alpha value is -4.83. The molecule has 2 aliphatic rings. The van der Waals surface area contributed by atoms with Crippen molar-refractivity contribution in [2.24, 2.45) is 0 Å². The fourth-order valence-electron chi connectivity index (χ4n) is 4.29. The third kappa shape index (κ3) is 4.64. The second kappa shape index (κ2) is 10.3. The number of rotatable bonds is 9. The Morgan fingerprint density at radius 2 is 1.34 bits per heavy atom. The van der Waals surface area contributed by atoms with Crippen LogP contribution in [-0.2, 0) is 24.8 Å². The van der Waals surface area contributed by atoms with Crippen LogP contribution < -0.4 is 25.4 Å². The van der Waals surface area contributed by atoms with Gasteiger partial charge in [0.05, 0.1) is 6.61 Å². The van der Waals surface area contributed by atoms with Gasteiger partial charge in [-0.15, -0.1) is 0 Å². The Kier molecular flexibility index (Phi) is 6.71. The summed E-state index contributed by atoms with van der Waals surface area (Å²) in [6.45, 7) is 0.0639. The van der Waals surface area contributed by atoms with Crippen LogP contribution in [-0.4, -0.2) is 37.2 Å².